The number of carboxylic acids is 1. The van der Waals surface area contributed by atoms with Crippen LogP contribution in [0.1, 0.15) is 31.4 Å². The third kappa shape index (κ3) is 4.04. The second-order valence-corrected chi connectivity index (χ2v) is 6.91. The molecule has 7 heteroatoms. The van der Waals surface area contributed by atoms with E-state index in [0.29, 0.717) is 19.7 Å². The number of carboxylic acid groups (broad SMARTS) is 1. The topological polar surface area (TPSA) is 87.2 Å². The van der Waals surface area contributed by atoms with Crippen LogP contribution in [0, 0.1) is 5.92 Å². The average Bonchev–Trinajstić information content (AvgIpc) is 3.02. The average molecular weight is 360 g/mol. The van der Waals surface area contributed by atoms with E-state index in [1.807, 2.05) is 37.3 Å². The van der Waals surface area contributed by atoms with Crippen LogP contribution in [-0.4, -0.2) is 65.0 Å². The Hall–Kier alpha value is -2.41. The van der Waals surface area contributed by atoms with Crippen LogP contribution in [0.15, 0.2) is 30.3 Å². The van der Waals surface area contributed by atoms with Crippen LogP contribution in [0.3, 0.4) is 0 Å². The Balaban J connectivity index is 1.62. The maximum absolute atomic E-state index is 12.8. The molecule has 2 saturated heterocycles. The minimum absolute atomic E-state index is 0.0185. The Labute approximate surface area is 152 Å². The van der Waals surface area contributed by atoms with Crippen molar-refractivity contribution in [3.63, 3.8) is 0 Å². The van der Waals surface area contributed by atoms with Crippen molar-refractivity contribution in [2.24, 2.45) is 5.92 Å². The van der Waals surface area contributed by atoms with Gasteiger partial charge in [-0.1, -0.05) is 30.3 Å². The summed E-state index contributed by atoms with van der Waals surface area (Å²) in [5.74, 6) is -1.42. The first kappa shape index (κ1) is 18.4. The molecule has 0 bridgehead atoms. The molecule has 3 atom stereocenters. The van der Waals surface area contributed by atoms with Crippen LogP contribution >= 0.6 is 0 Å². The van der Waals surface area contributed by atoms with Crippen molar-refractivity contribution in [3.8, 4) is 0 Å². The van der Waals surface area contributed by atoms with Gasteiger partial charge in [-0.15, -0.1) is 0 Å². The maximum atomic E-state index is 12.8. The maximum Gasteiger partial charge on any atom is 0.306 e. The molecule has 2 fully saturated rings. The van der Waals surface area contributed by atoms with Crippen LogP contribution < -0.4 is 0 Å². The highest BCUT2D eigenvalue weighted by molar-refractivity contribution is 5.89. The number of rotatable bonds is 5. The summed E-state index contributed by atoms with van der Waals surface area (Å²) in [6, 6.07) is 9.68. The van der Waals surface area contributed by atoms with Gasteiger partial charge in [-0.2, -0.15) is 0 Å². The third-order valence-corrected chi connectivity index (χ3v) is 5.11. The molecule has 3 rings (SSSR count). The Morgan fingerprint density at radius 2 is 2.00 bits per heavy atom. The number of amides is 2. The molecule has 0 saturated carbocycles. The molecule has 1 aromatic carbocycles. The van der Waals surface area contributed by atoms with Gasteiger partial charge in [0.2, 0.25) is 11.8 Å². The summed E-state index contributed by atoms with van der Waals surface area (Å²) < 4.78 is 5.42. The molecule has 2 amide bonds. The quantitative estimate of drug-likeness (QED) is 0.855. The Morgan fingerprint density at radius 3 is 2.69 bits per heavy atom. The number of ether oxygens (including phenoxy) is 1. The number of hydrogen-bond acceptors (Lipinski definition) is 4. The van der Waals surface area contributed by atoms with E-state index in [1.165, 1.54) is 0 Å². The van der Waals surface area contributed by atoms with E-state index >= 15 is 0 Å². The highest BCUT2D eigenvalue weighted by Gasteiger charge is 2.39. The Kier molecular flexibility index (Phi) is 5.56. The molecule has 26 heavy (non-hydrogen) atoms. The van der Waals surface area contributed by atoms with Gasteiger partial charge < -0.3 is 19.6 Å². The van der Waals surface area contributed by atoms with Gasteiger partial charge in [0.15, 0.2) is 0 Å². The first-order valence-corrected chi connectivity index (χ1v) is 8.92. The lowest BCUT2D eigenvalue weighted by molar-refractivity contribution is -0.149. The molecular weight excluding hydrogens is 336 g/mol. The van der Waals surface area contributed by atoms with E-state index in [9.17, 15) is 14.4 Å². The summed E-state index contributed by atoms with van der Waals surface area (Å²) in [6.45, 7) is 3.40. The van der Waals surface area contributed by atoms with E-state index in [-0.39, 0.29) is 43.2 Å². The van der Waals surface area contributed by atoms with Gasteiger partial charge in [0.05, 0.1) is 31.1 Å². The van der Waals surface area contributed by atoms with E-state index in [4.69, 9.17) is 9.84 Å². The standard InChI is InChI=1S/C19H24N2O5/c1-13(14-5-3-2-4-6-14)21-11-15(9-17(21)22)19(25)20-7-8-26-16(12-20)10-18(23)24/h2-6,13,15-16H,7-12H2,1H3,(H,23,24)/t13-,15+,16+/m1/s1. The minimum atomic E-state index is -0.941. The van der Waals surface area contributed by atoms with Crippen LogP contribution in [0.5, 0.6) is 0 Å². The number of morpholine rings is 1. The first-order chi connectivity index (χ1) is 12.5. The van der Waals surface area contributed by atoms with Crippen molar-refractivity contribution < 1.29 is 24.2 Å². The fourth-order valence-electron chi connectivity index (χ4n) is 3.68. The second-order valence-electron chi connectivity index (χ2n) is 6.91. The van der Waals surface area contributed by atoms with Crippen molar-refractivity contribution in [1.29, 1.82) is 0 Å². The highest BCUT2D eigenvalue weighted by atomic mass is 16.5. The van der Waals surface area contributed by atoms with Crippen molar-refractivity contribution in [3.05, 3.63) is 35.9 Å². The van der Waals surface area contributed by atoms with Gasteiger partial charge >= 0.3 is 5.97 Å². The third-order valence-electron chi connectivity index (χ3n) is 5.11. The number of hydrogen-bond donors (Lipinski definition) is 1. The van der Waals surface area contributed by atoms with E-state index in [0.717, 1.165) is 5.56 Å². The van der Waals surface area contributed by atoms with Gasteiger partial charge in [0, 0.05) is 26.1 Å². The fraction of sp³-hybridized carbons (Fsp3) is 0.526. The predicted octanol–water partition coefficient (Wildman–Crippen LogP) is 1.30. The summed E-state index contributed by atoms with van der Waals surface area (Å²) in [7, 11) is 0. The Bertz CT molecular complexity index is 678. The SMILES string of the molecule is C[C@H](c1ccccc1)N1C[C@@H](C(=O)N2CCO[C@@H](CC(=O)O)C2)CC1=O. The summed E-state index contributed by atoms with van der Waals surface area (Å²) >= 11 is 0. The molecule has 0 unspecified atom stereocenters. The van der Waals surface area contributed by atoms with Gasteiger partial charge in [0.25, 0.3) is 0 Å². The zero-order chi connectivity index (χ0) is 18.7. The molecule has 0 aliphatic carbocycles. The molecule has 2 aliphatic rings. The lowest BCUT2D eigenvalue weighted by Gasteiger charge is -2.34. The fourth-order valence-corrected chi connectivity index (χ4v) is 3.68. The summed E-state index contributed by atoms with van der Waals surface area (Å²) in [4.78, 5) is 39.5. The van der Waals surface area contributed by atoms with Crippen molar-refractivity contribution >= 4 is 17.8 Å². The monoisotopic (exact) mass is 360 g/mol. The van der Waals surface area contributed by atoms with Gasteiger partial charge in [0.1, 0.15) is 0 Å². The molecule has 1 N–H and O–H groups in total. The van der Waals surface area contributed by atoms with Gasteiger partial charge in [-0.05, 0) is 12.5 Å². The molecule has 1 aromatic rings. The van der Waals surface area contributed by atoms with Crippen LogP contribution in [0.4, 0.5) is 0 Å². The van der Waals surface area contributed by atoms with Crippen molar-refractivity contribution in [2.45, 2.75) is 31.9 Å². The lowest BCUT2D eigenvalue weighted by atomic mass is 10.1. The normalized spacial score (nSPS) is 24.6. The highest BCUT2D eigenvalue weighted by Crippen LogP contribution is 2.29. The van der Waals surface area contributed by atoms with Gasteiger partial charge in [-0.25, -0.2) is 0 Å². The van der Waals surface area contributed by atoms with E-state index < -0.39 is 12.1 Å². The minimum Gasteiger partial charge on any atom is -0.481 e. The van der Waals surface area contributed by atoms with Crippen LogP contribution in [0.25, 0.3) is 0 Å². The van der Waals surface area contributed by atoms with Crippen LogP contribution in [0.2, 0.25) is 0 Å². The van der Waals surface area contributed by atoms with E-state index in [1.54, 1.807) is 9.80 Å². The molecule has 140 valence electrons. The van der Waals surface area contributed by atoms with E-state index in [2.05, 4.69) is 0 Å². The largest absolute Gasteiger partial charge is 0.481 e. The summed E-state index contributed by atoms with van der Waals surface area (Å²) in [6.07, 6.45) is -0.400. The Morgan fingerprint density at radius 1 is 1.27 bits per heavy atom. The predicted molar refractivity (Wildman–Crippen MR) is 93.2 cm³/mol. The number of nitrogens with zero attached hydrogens (tertiary/aromatic N) is 2. The smallest absolute Gasteiger partial charge is 0.306 e. The molecular formula is C19H24N2O5. The molecule has 2 heterocycles. The van der Waals surface area contributed by atoms with Crippen molar-refractivity contribution in [1.82, 2.24) is 9.80 Å². The second kappa shape index (κ2) is 7.86. The number of likely N-dealkylation sites (tertiary alicyclic amines) is 1. The van der Waals surface area contributed by atoms with Crippen LogP contribution in [-0.2, 0) is 19.1 Å². The summed E-state index contributed by atoms with van der Waals surface area (Å²) in [5.41, 5.74) is 1.04. The number of carbonyl (C=O) groups excluding carboxylic acids is 2. The zero-order valence-corrected chi connectivity index (χ0v) is 14.8. The molecule has 2 aliphatic heterocycles. The lowest BCUT2D eigenvalue weighted by Crippen LogP contribution is -2.48. The van der Waals surface area contributed by atoms with Crippen molar-refractivity contribution in [2.75, 3.05) is 26.2 Å². The number of aliphatic carboxylic acids is 1. The zero-order valence-electron chi connectivity index (χ0n) is 14.8. The molecule has 0 radical (unpaired) electrons. The number of carbonyl (C=O) groups is 3. The number of benzene rings is 1. The first-order valence-electron chi connectivity index (χ1n) is 8.92. The van der Waals surface area contributed by atoms with Gasteiger partial charge in [-0.3, -0.25) is 14.4 Å². The summed E-state index contributed by atoms with van der Waals surface area (Å²) in [5, 5.41) is 8.91. The molecule has 0 spiro atoms. The molecule has 0 aromatic heterocycles. The molecule has 7 nitrogen and oxygen atoms in total.